The third-order valence-electron chi connectivity index (χ3n) is 4.98. The average Bonchev–Trinajstić information content (AvgIpc) is 3.20. The van der Waals surface area contributed by atoms with Gasteiger partial charge in [0.2, 0.25) is 5.91 Å². The van der Waals surface area contributed by atoms with Gasteiger partial charge in [-0.05, 0) is 68.3 Å². The fourth-order valence-corrected chi connectivity index (χ4v) is 4.24. The highest BCUT2D eigenvalue weighted by atomic mass is 32.2. The van der Waals surface area contributed by atoms with Crippen LogP contribution in [0.25, 0.3) is 0 Å². The van der Waals surface area contributed by atoms with Crippen molar-refractivity contribution in [2.75, 3.05) is 18.2 Å². The van der Waals surface area contributed by atoms with Crippen LogP contribution >= 0.6 is 11.8 Å². The van der Waals surface area contributed by atoms with Crippen LogP contribution in [0.15, 0.2) is 60.3 Å². The van der Waals surface area contributed by atoms with Crippen LogP contribution in [0.4, 0.5) is 5.69 Å². The molecule has 1 atom stereocenters. The number of carbonyl (C=O) groups excluding carboxylic acids is 2. The van der Waals surface area contributed by atoms with Crippen molar-refractivity contribution >= 4 is 29.3 Å². The van der Waals surface area contributed by atoms with Gasteiger partial charge in [-0.3, -0.25) is 9.59 Å². The zero-order chi connectivity index (χ0) is 24.7. The highest BCUT2D eigenvalue weighted by molar-refractivity contribution is 7.99. The summed E-state index contributed by atoms with van der Waals surface area (Å²) in [6, 6.07) is 12.4. The van der Waals surface area contributed by atoms with Crippen LogP contribution in [-0.2, 0) is 11.3 Å². The summed E-state index contributed by atoms with van der Waals surface area (Å²) >= 11 is 1.28. The van der Waals surface area contributed by atoms with Gasteiger partial charge in [-0.25, -0.2) is 0 Å². The molecule has 178 valence electrons. The number of nitrogens with zero attached hydrogens (tertiary/aromatic N) is 3. The Bertz CT molecular complexity index is 1150. The first kappa shape index (κ1) is 25.0. The number of hydrogen-bond acceptors (Lipinski definition) is 6. The van der Waals surface area contributed by atoms with Crippen molar-refractivity contribution in [3.8, 4) is 5.75 Å². The first-order chi connectivity index (χ1) is 16.3. The van der Waals surface area contributed by atoms with Crippen molar-refractivity contribution in [2.24, 2.45) is 0 Å². The van der Waals surface area contributed by atoms with Crippen molar-refractivity contribution in [3.05, 3.63) is 77.6 Å². The lowest BCUT2D eigenvalue weighted by atomic mass is 10.1. The molecule has 0 bridgehead atoms. The largest absolute Gasteiger partial charge is 0.497 e. The number of methoxy groups -OCH3 is 1. The molecule has 0 fully saturated rings. The highest BCUT2D eigenvalue weighted by Crippen LogP contribution is 2.22. The second kappa shape index (κ2) is 11.5. The molecule has 34 heavy (non-hydrogen) atoms. The van der Waals surface area contributed by atoms with E-state index in [2.05, 4.69) is 33.5 Å². The van der Waals surface area contributed by atoms with E-state index in [0.717, 1.165) is 16.8 Å². The normalized spacial score (nSPS) is 11.5. The van der Waals surface area contributed by atoms with Crippen molar-refractivity contribution in [1.29, 1.82) is 0 Å². The molecule has 2 amide bonds. The van der Waals surface area contributed by atoms with Gasteiger partial charge in [0.15, 0.2) is 11.0 Å². The maximum Gasteiger partial charge on any atom is 0.251 e. The minimum absolute atomic E-state index is 0.134. The lowest BCUT2D eigenvalue weighted by molar-refractivity contribution is -0.113. The van der Waals surface area contributed by atoms with E-state index in [4.69, 9.17) is 4.74 Å². The number of allylic oxidation sites excluding steroid dienone is 1. The molecule has 0 saturated carbocycles. The Balaban J connectivity index is 1.66. The number of rotatable bonds is 10. The van der Waals surface area contributed by atoms with Crippen LogP contribution in [0.2, 0.25) is 0 Å². The van der Waals surface area contributed by atoms with Gasteiger partial charge >= 0.3 is 0 Å². The molecular formula is C25H29N5O3S. The highest BCUT2D eigenvalue weighted by Gasteiger charge is 2.20. The topological polar surface area (TPSA) is 98.1 Å². The zero-order valence-electron chi connectivity index (χ0n) is 19.8. The Kier molecular flexibility index (Phi) is 8.48. The van der Waals surface area contributed by atoms with Crippen LogP contribution in [0, 0.1) is 13.8 Å². The Morgan fingerprint density at radius 3 is 2.44 bits per heavy atom. The number of nitrogens with one attached hydrogen (secondary N) is 2. The average molecular weight is 480 g/mol. The molecule has 3 aromatic rings. The van der Waals surface area contributed by atoms with E-state index in [1.54, 1.807) is 37.5 Å². The summed E-state index contributed by atoms with van der Waals surface area (Å²) < 4.78 is 6.98. The number of aromatic nitrogens is 3. The lowest BCUT2D eigenvalue weighted by Gasteiger charge is -2.15. The van der Waals surface area contributed by atoms with Gasteiger partial charge in [-0.15, -0.1) is 16.8 Å². The molecule has 0 saturated heterocycles. The van der Waals surface area contributed by atoms with E-state index in [1.807, 2.05) is 37.5 Å². The number of carbonyl (C=O) groups is 2. The van der Waals surface area contributed by atoms with Crippen molar-refractivity contribution in [3.63, 3.8) is 0 Å². The van der Waals surface area contributed by atoms with Crippen LogP contribution in [0.3, 0.4) is 0 Å². The molecule has 2 N–H and O–H groups in total. The lowest BCUT2D eigenvalue weighted by Crippen LogP contribution is -2.28. The number of ether oxygens (including phenoxy) is 1. The van der Waals surface area contributed by atoms with Crippen LogP contribution < -0.4 is 15.4 Å². The van der Waals surface area contributed by atoms with Crippen molar-refractivity contribution in [1.82, 2.24) is 20.1 Å². The van der Waals surface area contributed by atoms with Crippen LogP contribution in [0.5, 0.6) is 5.75 Å². The second-order valence-corrected chi connectivity index (χ2v) is 8.82. The Labute approximate surface area is 203 Å². The van der Waals surface area contributed by atoms with E-state index in [0.29, 0.717) is 28.8 Å². The minimum atomic E-state index is -0.402. The summed E-state index contributed by atoms with van der Waals surface area (Å²) in [5.41, 5.74) is 3.46. The number of thioether (sulfide) groups is 1. The van der Waals surface area contributed by atoms with Crippen LogP contribution in [-0.4, -0.2) is 39.4 Å². The molecule has 0 aliphatic rings. The molecule has 1 aromatic heterocycles. The zero-order valence-corrected chi connectivity index (χ0v) is 20.6. The smallest absolute Gasteiger partial charge is 0.251 e. The first-order valence-electron chi connectivity index (χ1n) is 10.8. The molecule has 2 aromatic carbocycles. The monoisotopic (exact) mass is 479 g/mol. The number of benzene rings is 2. The summed E-state index contributed by atoms with van der Waals surface area (Å²) in [5.74, 6) is 1.07. The molecule has 0 aliphatic heterocycles. The van der Waals surface area contributed by atoms with Gasteiger partial charge in [0.05, 0.1) is 18.9 Å². The number of aryl methyl sites for hydroxylation is 2. The molecule has 8 nitrogen and oxygen atoms in total. The third-order valence-corrected chi connectivity index (χ3v) is 5.95. The molecule has 3 rings (SSSR count). The molecule has 0 aliphatic carbocycles. The minimum Gasteiger partial charge on any atom is -0.497 e. The maximum absolute atomic E-state index is 12.7. The summed E-state index contributed by atoms with van der Waals surface area (Å²) in [4.78, 5) is 25.1. The third kappa shape index (κ3) is 6.48. The number of hydrogen-bond donors (Lipinski definition) is 2. The predicted molar refractivity (Wildman–Crippen MR) is 134 cm³/mol. The number of anilines is 1. The van der Waals surface area contributed by atoms with Gasteiger partial charge in [0.25, 0.3) is 5.91 Å². The summed E-state index contributed by atoms with van der Waals surface area (Å²) in [5, 5.41) is 15.0. The predicted octanol–water partition coefficient (Wildman–Crippen LogP) is 4.31. The molecule has 0 unspecified atom stereocenters. The maximum atomic E-state index is 12.7. The second-order valence-electron chi connectivity index (χ2n) is 7.88. The fourth-order valence-electron chi connectivity index (χ4n) is 3.49. The van der Waals surface area contributed by atoms with E-state index in [1.165, 1.54) is 11.8 Å². The van der Waals surface area contributed by atoms with Crippen molar-refractivity contribution < 1.29 is 14.3 Å². The molecule has 0 radical (unpaired) electrons. The van der Waals surface area contributed by atoms with Gasteiger partial charge in [-0.2, -0.15) is 0 Å². The number of amides is 2. The van der Waals surface area contributed by atoms with E-state index in [9.17, 15) is 9.59 Å². The quantitative estimate of drug-likeness (QED) is 0.332. The Morgan fingerprint density at radius 2 is 1.82 bits per heavy atom. The molecule has 9 heteroatoms. The summed E-state index contributed by atoms with van der Waals surface area (Å²) in [6.45, 7) is 10.1. The Morgan fingerprint density at radius 1 is 1.15 bits per heavy atom. The van der Waals surface area contributed by atoms with Crippen molar-refractivity contribution in [2.45, 2.75) is 38.5 Å². The van der Waals surface area contributed by atoms with Gasteiger partial charge in [0.1, 0.15) is 5.75 Å². The first-order valence-corrected chi connectivity index (χ1v) is 11.8. The van der Waals surface area contributed by atoms with Crippen LogP contribution in [0.1, 0.15) is 40.3 Å². The molecule has 0 spiro atoms. The van der Waals surface area contributed by atoms with E-state index >= 15 is 0 Å². The van der Waals surface area contributed by atoms with E-state index in [-0.39, 0.29) is 17.6 Å². The Hall–Kier alpha value is -3.59. The SMILES string of the molecule is C=CCn1c(SCC(=O)Nc2cc(C)cc(C)c2)nnc1[C@@H](C)NC(=O)c1ccc(OC)cc1. The molecule has 1 heterocycles. The summed E-state index contributed by atoms with van der Waals surface area (Å²) in [6.07, 6.45) is 1.73. The summed E-state index contributed by atoms with van der Waals surface area (Å²) in [7, 11) is 1.58. The van der Waals surface area contributed by atoms with E-state index < -0.39 is 6.04 Å². The van der Waals surface area contributed by atoms with Gasteiger partial charge in [-0.1, -0.05) is 23.9 Å². The fraction of sp³-hybridized carbons (Fsp3) is 0.280. The standard InChI is InChI=1S/C25H29N5O3S/c1-6-11-30-23(18(4)26-24(32)19-7-9-21(33-5)10-8-19)28-29-25(30)34-15-22(31)27-20-13-16(2)12-17(3)14-20/h6-10,12-14,18H,1,11,15H2,2-5H3,(H,26,32)(H,27,31)/t18-/m1/s1. The van der Waals surface area contributed by atoms with Gasteiger partial charge in [0, 0.05) is 17.8 Å². The van der Waals surface area contributed by atoms with Gasteiger partial charge < -0.3 is 19.9 Å². The molecular weight excluding hydrogens is 450 g/mol.